The molecule has 0 aromatic carbocycles. The van der Waals surface area contributed by atoms with E-state index in [4.69, 9.17) is 0 Å². The van der Waals surface area contributed by atoms with Gasteiger partial charge in [-0.05, 0) is 0 Å². The second-order valence-electron chi connectivity index (χ2n) is 1.47. The molecule has 0 saturated heterocycles. The first-order chi connectivity index (χ1) is 4.61. The molecule has 1 rings (SSSR count). The van der Waals surface area contributed by atoms with Crippen molar-refractivity contribution in [1.82, 2.24) is 4.98 Å². The first-order valence-corrected chi connectivity index (χ1v) is 2.22. The third-order valence-corrected chi connectivity index (χ3v) is 0.800. The molecule has 0 atom stereocenters. The standard InChI is InChI=1S/C4HF3N2O.Ag/c5-2-1-9(10)4(7)8-3(2)6;/h1H;. The van der Waals surface area contributed by atoms with Crippen LogP contribution in [0, 0.1) is 23.1 Å². The van der Waals surface area contributed by atoms with Gasteiger partial charge in [0.05, 0.1) is 0 Å². The fourth-order valence-electron chi connectivity index (χ4n) is 0.393. The number of hydrogen-bond acceptors (Lipinski definition) is 2. The monoisotopic (exact) mass is 257 g/mol. The molecule has 1 aromatic heterocycles. The molecule has 0 spiro atoms. The molecule has 7 heteroatoms. The molecule has 0 bridgehead atoms. The molecule has 0 N–H and O–H groups in total. The summed E-state index contributed by atoms with van der Waals surface area (Å²) in [7, 11) is 0. The largest absolute Gasteiger partial charge is 0.709 e. The summed E-state index contributed by atoms with van der Waals surface area (Å²) in [4.78, 5) is 2.31. The molecule has 1 aromatic rings. The molecule has 65 valence electrons. The molecule has 1 heterocycles. The van der Waals surface area contributed by atoms with Crippen LogP contribution in [0.5, 0.6) is 0 Å². The van der Waals surface area contributed by atoms with Gasteiger partial charge in [0.15, 0.2) is 0 Å². The molecule has 0 amide bonds. The molecular weight excluding hydrogens is 257 g/mol. The van der Waals surface area contributed by atoms with E-state index >= 15 is 0 Å². The normalized spacial score (nSPS) is 9.00. The third kappa shape index (κ3) is 2.18. The van der Waals surface area contributed by atoms with Crippen molar-refractivity contribution in [3.8, 4) is 0 Å². The average Bonchev–Trinajstić information content (AvgIpc) is 1.84. The predicted molar refractivity (Wildman–Crippen MR) is 23.1 cm³/mol. The van der Waals surface area contributed by atoms with E-state index in [-0.39, 0.29) is 28.6 Å². The fourth-order valence-corrected chi connectivity index (χ4v) is 0.393. The molecule has 0 unspecified atom stereocenters. The first-order valence-electron chi connectivity index (χ1n) is 2.22. The van der Waals surface area contributed by atoms with Crippen LogP contribution in [0.4, 0.5) is 13.2 Å². The summed E-state index contributed by atoms with van der Waals surface area (Å²) < 4.78 is 35.2. The SMILES string of the molecule is [Ag].[O-][n+]1cc(F)c(F)nc1F. The number of nitrogens with zero attached hydrogens (tertiary/aromatic N) is 2. The first kappa shape index (κ1) is 10.4. The van der Waals surface area contributed by atoms with E-state index in [2.05, 4.69) is 4.98 Å². The zero-order valence-electron chi connectivity index (χ0n) is 4.82. The van der Waals surface area contributed by atoms with E-state index in [9.17, 15) is 18.4 Å². The molecule has 0 aliphatic rings. The zero-order chi connectivity index (χ0) is 7.72. The smallest absolute Gasteiger partial charge is 0.494 e. The molecular formula is C4HAgF3N2O. The van der Waals surface area contributed by atoms with Gasteiger partial charge in [0, 0.05) is 27.4 Å². The predicted octanol–water partition coefficient (Wildman–Crippen LogP) is 0.130. The van der Waals surface area contributed by atoms with Gasteiger partial charge in [-0.15, -0.1) is 4.39 Å². The molecule has 0 fully saturated rings. The minimum absolute atomic E-state index is 0. The van der Waals surface area contributed by atoms with E-state index in [1.807, 2.05) is 0 Å². The van der Waals surface area contributed by atoms with E-state index in [1.165, 1.54) is 0 Å². The molecule has 0 aliphatic carbocycles. The number of rotatable bonds is 0. The minimum Gasteiger partial charge on any atom is -0.709 e. The zero-order valence-corrected chi connectivity index (χ0v) is 6.30. The maximum absolute atomic E-state index is 11.9. The Kier molecular flexibility index (Phi) is 3.50. The topological polar surface area (TPSA) is 39.8 Å². The van der Waals surface area contributed by atoms with Crippen LogP contribution < -0.4 is 4.73 Å². The Balaban J connectivity index is 0.000001000. The van der Waals surface area contributed by atoms with E-state index < -0.39 is 22.6 Å². The van der Waals surface area contributed by atoms with Gasteiger partial charge in [0.2, 0.25) is 5.82 Å². The third-order valence-electron chi connectivity index (χ3n) is 0.800. The van der Waals surface area contributed by atoms with Crippen molar-refractivity contribution >= 4 is 0 Å². The van der Waals surface area contributed by atoms with E-state index in [0.29, 0.717) is 0 Å². The Morgan fingerprint density at radius 3 is 2.36 bits per heavy atom. The molecule has 3 nitrogen and oxygen atoms in total. The maximum atomic E-state index is 11.9. The average molecular weight is 258 g/mol. The van der Waals surface area contributed by atoms with Crippen LogP contribution in [0.2, 0.25) is 0 Å². The minimum atomic E-state index is -1.62. The Labute approximate surface area is 75.0 Å². The van der Waals surface area contributed by atoms with Crippen LogP contribution in [-0.2, 0) is 22.4 Å². The van der Waals surface area contributed by atoms with Gasteiger partial charge in [-0.1, -0.05) is 0 Å². The number of aromatic nitrogens is 2. The molecule has 11 heavy (non-hydrogen) atoms. The van der Waals surface area contributed by atoms with Crippen LogP contribution in [0.1, 0.15) is 0 Å². The van der Waals surface area contributed by atoms with Crippen molar-refractivity contribution < 1.29 is 40.3 Å². The molecule has 0 saturated carbocycles. The van der Waals surface area contributed by atoms with Gasteiger partial charge in [-0.25, -0.2) is 4.73 Å². The van der Waals surface area contributed by atoms with Crippen molar-refractivity contribution in [3.05, 3.63) is 29.2 Å². The van der Waals surface area contributed by atoms with Crippen LogP contribution in [0.15, 0.2) is 6.20 Å². The van der Waals surface area contributed by atoms with Crippen LogP contribution in [0.25, 0.3) is 0 Å². The quantitative estimate of drug-likeness (QED) is 0.218. The summed E-state index contributed by atoms with van der Waals surface area (Å²) in [6, 6.07) is 0. The van der Waals surface area contributed by atoms with Crippen molar-refractivity contribution in [3.63, 3.8) is 0 Å². The van der Waals surface area contributed by atoms with Crippen LogP contribution in [0.3, 0.4) is 0 Å². The fraction of sp³-hybridized carbons (Fsp3) is 0. The Hall–Kier alpha value is -0.590. The number of hydrogen-bond donors (Lipinski definition) is 0. The number of halogens is 3. The van der Waals surface area contributed by atoms with Gasteiger partial charge in [-0.3, -0.25) is 0 Å². The summed E-state index contributed by atoms with van der Waals surface area (Å²) in [6.45, 7) is 0. The van der Waals surface area contributed by atoms with Crippen molar-refractivity contribution in [1.29, 1.82) is 0 Å². The van der Waals surface area contributed by atoms with Crippen molar-refractivity contribution in [2.45, 2.75) is 0 Å². The Bertz CT molecular complexity index is 220. The van der Waals surface area contributed by atoms with Gasteiger partial charge >= 0.3 is 12.0 Å². The van der Waals surface area contributed by atoms with Crippen molar-refractivity contribution in [2.24, 2.45) is 0 Å². The maximum Gasteiger partial charge on any atom is 0.494 e. The summed E-state index contributed by atoms with van der Waals surface area (Å²) >= 11 is 0. The van der Waals surface area contributed by atoms with Crippen LogP contribution in [-0.4, -0.2) is 4.98 Å². The van der Waals surface area contributed by atoms with Crippen LogP contribution >= 0.6 is 0 Å². The molecule has 1 radical (unpaired) electrons. The second-order valence-corrected chi connectivity index (χ2v) is 1.47. The second kappa shape index (κ2) is 3.70. The van der Waals surface area contributed by atoms with Gasteiger partial charge in [0.25, 0.3) is 0 Å². The summed E-state index contributed by atoms with van der Waals surface area (Å²) in [5.74, 6) is -3.10. The van der Waals surface area contributed by atoms with Gasteiger partial charge in [0.1, 0.15) is 6.20 Å². The Morgan fingerprint density at radius 1 is 1.36 bits per heavy atom. The van der Waals surface area contributed by atoms with Crippen molar-refractivity contribution in [2.75, 3.05) is 0 Å². The van der Waals surface area contributed by atoms with E-state index in [1.54, 1.807) is 0 Å². The van der Waals surface area contributed by atoms with E-state index in [0.717, 1.165) is 0 Å². The Morgan fingerprint density at radius 2 is 1.91 bits per heavy atom. The summed E-state index contributed by atoms with van der Waals surface area (Å²) in [5, 5.41) is 10.1. The van der Waals surface area contributed by atoms with Gasteiger partial charge in [-0.2, -0.15) is 8.78 Å². The van der Waals surface area contributed by atoms with Gasteiger partial charge < -0.3 is 5.21 Å². The summed E-state index contributed by atoms with van der Waals surface area (Å²) in [6.07, 6.45) is -1.49. The summed E-state index contributed by atoms with van der Waals surface area (Å²) in [5.41, 5.74) is 0. The molecule has 0 aliphatic heterocycles.